The van der Waals surface area contributed by atoms with Crippen LogP contribution in [0.3, 0.4) is 0 Å². The summed E-state index contributed by atoms with van der Waals surface area (Å²) in [7, 11) is 0. The molecule has 1 aromatic carbocycles. The number of imide groups is 2. The molecule has 1 atom stereocenters. The van der Waals surface area contributed by atoms with E-state index >= 15 is 0 Å². The molecular formula is C19H20N2O8. The molecule has 0 radical (unpaired) electrons. The van der Waals surface area contributed by atoms with Gasteiger partial charge in [0.05, 0.1) is 24.3 Å². The number of benzene rings is 1. The lowest BCUT2D eigenvalue weighted by Crippen LogP contribution is -2.54. The molecule has 0 bridgehead atoms. The standard InChI is InChI=1S/C19H20N2O8/c1-11(22)28-8-6-27-7-9-29-12-2-3-13-14(10-12)19(26)21(18(13)25)15-4-5-16(23)20-17(15)24/h2-3,10,15H,4-9H2,1H3,(H,20,23,24). The van der Waals surface area contributed by atoms with Gasteiger partial charge in [0, 0.05) is 13.3 Å². The molecule has 10 nitrogen and oxygen atoms in total. The molecule has 2 aliphatic heterocycles. The van der Waals surface area contributed by atoms with Crippen molar-refractivity contribution >= 4 is 29.6 Å². The summed E-state index contributed by atoms with van der Waals surface area (Å²) in [6, 6.07) is 3.46. The van der Waals surface area contributed by atoms with Crippen molar-refractivity contribution in [2.45, 2.75) is 25.8 Å². The molecular weight excluding hydrogens is 384 g/mol. The van der Waals surface area contributed by atoms with Crippen LogP contribution in [0.15, 0.2) is 18.2 Å². The van der Waals surface area contributed by atoms with Gasteiger partial charge in [-0.15, -0.1) is 0 Å². The average Bonchev–Trinajstić information content (AvgIpc) is 2.91. The Morgan fingerprint density at radius 3 is 2.52 bits per heavy atom. The van der Waals surface area contributed by atoms with E-state index in [4.69, 9.17) is 14.2 Å². The molecule has 154 valence electrons. The highest BCUT2D eigenvalue weighted by atomic mass is 16.6. The normalized spacial score (nSPS) is 18.5. The van der Waals surface area contributed by atoms with Crippen molar-refractivity contribution in [1.82, 2.24) is 10.2 Å². The average molecular weight is 404 g/mol. The minimum absolute atomic E-state index is 0.0651. The molecule has 0 aliphatic carbocycles. The topological polar surface area (TPSA) is 128 Å². The van der Waals surface area contributed by atoms with Crippen LogP contribution in [-0.2, 0) is 23.9 Å². The fraction of sp³-hybridized carbons (Fsp3) is 0.421. The molecule has 0 aromatic heterocycles. The number of ether oxygens (including phenoxy) is 3. The lowest BCUT2D eigenvalue weighted by atomic mass is 10.0. The molecule has 2 aliphatic rings. The van der Waals surface area contributed by atoms with E-state index in [1.807, 2.05) is 0 Å². The van der Waals surface area contributed by atoms with Crippen LogP contribution in [0.2, 0.25) is 0 Å². The molecule has 3 rings (SSSR count). The highest BCUT2D eigenvalue weighted by Crippen LogP contribution is 2.30. The predicted octanol–water partition coefficient (Wildman–Crippen LogP) is 0.0463. The van der Waals surface area contributed by atoms with Gasteiger partial charge in [0.25, 0.3) is 11.8 Å². The maximum Gasteiger partial charge on any atom is 0.302 e. The van der Waals surface area contributed by atoms with Gasteiger partial charge in [-0.25, -0.2) is 0 Å². The van der Waals surface area contributed by atoms with Crippen LogP contribution < -0.4 is 10.1 Å². The number of carbonyl (C=O) groups is 5. The van der Waals surface area contributed by atoms with Crippen molar-refractivity contribution in [2.75, 3.05) is 26.4 Å². The van der Waals surface area contributed by atoms with Gasteiger partial charge < -0.3 is 14.2 Å². The summed E-state index contributed by atoms with van der Waals surface area (Å²) < 4.78 is 15.5. The second-order valence-electron chi connectivity index (χ2n) is 6.46. The number of nitrogens with one attached hydrogen (secondary N) is 1. The summed E-state index contributed by atoms with van der Waals surface area (Å²) in [5.74, 6) is -2.25. The molecule has 29 heavy (non-hydrogen) atoms. The molecule has 1 fully saturated rings. The van der Waals surface area contributed by atoms with E-state index in [1.165, 1.54) is 19.1 Å². The summed E-state index contributed by atoms with van der Waals surface area (Å²) in [6.45, 7) is 2.14. The Bertz CT molecular complexity index is 866. The molecule has 10 heteroatoms. The second-order valence-corrected chi connectivity index (χ2v) is 6.46. The Hall–Kier alpha value is -3.27. The minimum atomic E-state index is -1.00. The van der Waals surface area contributed by atoms with Crippen molar-refractivity contribution < 1.29 is 38.2 Å². The fourth-order valence-electron chi connectivity index (χ4n) is 3.10. The van der Waals surface area contributed by atoms with E-state index in [0.717, 1.165) is 4.90 Å². The van der Waals surface area contributed by atoms with Crippen molar-refractivity contribution in [3.8, 4) is 5.75 Å². The van der Waals surface area contributed by atoms with Gasteiger partial charge in [-0.3, -0.25) is 34.2 Å². The molecule has 2 heterocycles. The number of piperidine rings is 1. The lowest BCUT2D eigenvalue weighted by molar-refractivity contribution is -0.142. The monoisotopic (exact) mass is 404 g/mol. The van der Waals surface area contributed by atoms with Crippen LogP contribution in [0.4, 0.5) is 0 Å². The number of carbonyl (C=O) groups excluding carboxylic acids is 5. The first kappa shape index (κ1) is 20.5. The lowest BCUT2D eigenvalue weighted by Gasteiger charge is -2.27. The third kappa shape index (κ3) is 4.60. The van der Waals surface area contributed by atoms with Gasteiger partial charge in [0.1, 0.15) is 25.0 Å². The zero-order valence-electron chi connectivity index (χ0n) is 15.8. The van der Waals surface area contributed by atoms with Gasteiger partial charge in [-0.05, 0) is 24.6 Å². The largest absolute Gasteiger partial charge is 0.491 e. The fourth-order valence-corrected chi connectivity index (χ4v) is 3.10. The van der Waals surface area contributed by atoms with E-state index in [1.54, 1.807) is 6.07 Å². The number of rotatable bonds is 8. The van der Waals surface area contributed by atoms with E-state index in [9.17, 15) is 24.0 Å². The predicted molar refractivity (Wildman–Crippen MR) is 96.1 cm³/mol. The zero-order chi connectivity index (χ0) is 21.0. The number of amides is 4. The summed E-state index contributed by atoms with van der Waals surface area (Å²) in [5, 5.41) is 2.15. The number of esters is 1. The van der Waals surface area contributed by atoms with E-state index < -0.39 is 29.7 Å². The van der Waals surface area contributed by atoms with Crippen molar-refractivity contribution in [3.05, 3.63) is 29.3 Å². The highest BCUT2D eigenvalue weighted by Gasteiger charge is 2.44. The van der Waals surface area contributed by atoms with Crippen LogP contribution in [0.25, 0.3) is 0 Å². The Balaban J connectivity index is 1.57. The Labute approximate surface area is 166 Å². The van der Waals surface area contributed by atoms with E-state index in [0.29, 0.717) is 5.75 Å². The summed E-state index contributed by atoms with van der Waals surface area (Å²) >= 11 is 0. The maximum atomic E-state index is 12.7. The summed E-state index contributed by atoms with van der Waals surface area (Å²) in [4.78, 5) is 60.2. The minimum Gasteiger partial charge on any atom is -0.491 e. The van der Waals surface area contributed by atoms with Crippen molar-refractivity contribution in [2.24, 2.45) is 0 Å². The summed E-state index contributed by atoms with van der Waals surface area (Å²) in [6.07, 6.45) is 0.166. The maximum absolute atomic E-state index is 12.7. The third-order valence-corrected chi connectivity index (χ3v) is 4.44. The molecule has 0 spiro atoms. The van der Waals surface area contributed by atoms with Crippen LogP contribution in [0.5, 0.6) is 5.75 Å². The van der Waals surface area contributed by atoms with Gasteiger partial charge in [0.15, 0.2) is 0 Å². The Morgan fingerprint density at radius 1 is 1.07 bits per heavy atom. The smallest absolute Gasteiger partial charge is 0.302 e. The molecule has 0 saturated carbocycles. The Morgan fingerprint density at radius 2 is 1.79 bits per heavy atom. The van der Waals surface area contributed by atoms with Crippen LogP contribution in [0.1, 0.15) is 40.5 Å². The van der Waals surface area contributed by atoms with Gasteiger partial charge in [-0.2, -0.15) is 0 Å². The molecule has 1 aromatic rings. The van der Waals surface area contributed by atoms with Gasteiger partial charge >= 0.3 is 5.97 Å². The highest BCUT2D eigenvalue weighted by molar-refractivity contribution is 6.23. The first-order chi connectivity index (χ1) is 13.9. The number of hydrogen-bond acceptors (Lipinski definition) is 8. The molecule has 4 amide bonds. The molecule has 1 unspecified atom stereocenters. The van der Waals surface area contributed by atoms with Crippen LogP contribution in [0, 0.1) is 0 Å². The first-order valence-electron chi connectivity index (χ1n) is 9.08. The van der Waals surface area contributed by atoms with E-state index in [-0.39, 0.29) is 56.4 Å². The van der Waals surface area contributed by atoms with Crippen LogP contribution in [-0.4, -0.2) is 67.0 Å². The first-order valence-corrected chi connectivity index (χ1v) is 9.08. The second kappa shape index (κ2) is 8.82. The van der Waals surface area contributed by atoms with E-state index in [2.05, 4.69) is 5.32 Å². The van der Waals surface area contributed by atoms with Gasteiger partial charge in [-0.1, -0.05) is 0 Å². The quantitative estimate of drug-likeness (QED) is 0.366. The van der Waals surface area contributed by atoms with Crippen molar-refractivity contribution in [3.63, 3.8) is 0 Å². The molecule has 1 saturated heterocycles. The number of nitrogens with zero attached hydrogens (tertiary/aromatic N) is 1. The van der Waals surface area contributed by atoms with Crippen LogP contribution >= 0.6 is 0 Å². The zero-order valence-corrected chi connectivity index (χ0v) is 15.8. The SMILES string of the molecule is CC(=O)OCCOCCOc1ccc2c(c1)C(=O)N(C1CCC(=O)NC1=O)C2=O. The Kier molecular flexibility index (Phi) is 6.23. The molecule has 1 N–H and O–H groups in total. The number of fused-ring (bicyclic) bond motifs is 1. The number of hydrogen-bond donors (Lipinski definition) is 1. The van der Waals surface area contributed by atoms with Crippen molar-refractivity contribution in [1.29, 1.82) is 0 Å². The third-order valence-electron chi connectivity index (χ3n) is 4.44. The summed E-state index contributed by atoms with van der Waals surface area (Å²) in [5.41, 5.74) is 0.331. The van der Waals surface area contributed by atoms with Gasteiger partial charge in [0.2, 0.25) is 11.8 Å².